The number of rotatable bonds is 2. The molecule has 2 nitrogen and oxygen atoms in total. The Kier molecular flexibility index (Phi) is 2.61. The molecule has 0 aliphatic rings. The summed E-state index contributed by atoms with van der Waals surface area (Å²) in [6.07, 6.45) is 0. The average molecular weight is 205 g/mol. The second kappa shape index (κ2) is 3.90. The molecule has 0 unspecified atom stereocenters. The summed E-state index contributed by atoms with van der Waals surface area (Å²) in [6, 6.07) is 11.3. The van der Waals surface area contributed by atoms with Crippen LogP contribution in [-0.4, -0.2) is 12.7 Å². The number of halogens is 1. The number of benzene rings is 2. The smallest absolute Gasteiger partial charge is 0.536 e. The van der Waals surface area contributed by atoms with Crippen LogP contribution in [0, 0.1) is 0 Å². The summed E-state index contributed by atoms with van der Waals surface area (Å²) in [5.41, 5.74) is 0. The van der Waals surface area contributed by atoms with Gasteiger partial charge in [-0.1, -0.05) is 41.9 Å². The zero-order valence-electron chi connectivity index (χ0n) is 7.27. The molecule has 2 aromatic carbocycles. The van der Waals surface area contributed by atoms with Crippen LogP contribution < -0.4 is 4.65 Å². The van der Waals surface area contributed by atoms with Crippen molar-refractivity contribution in [2.75, 3.05) is 0 Å². The average Bonchev–Trinajstić information content (AvgIpc) is 2.23. The molecule has 0 amide bonds. The molecule has 1 radical (unpaired) electrons. The molecule has 4 heteroatoms. The Morgan fingerprint density at radius 2 is 1.93 bits per heavy atom. The first-order chi connectivity index (χ1) is 6.83. The zero-order chi connectivity index (χ0) is 9.97. The first-order valence-electron chi connectivity index (χ1n) is 4.13. The van der Waals surface area contributed by atoms with Gasteiger partial charge in [0.2, 0.25) is 0 Å². The molecule has 0 spiro atoms. The van der Waals surface area contributed by atoms with Crippen LogP contribution in [0.4, 0.5) is 0 Å². The van der Waals surface area contributed by atoms with Crippen molar-refractivity contribution in [3.8, 4) is 5.75 Å². The van der Waals surface area contributed by atoms with Gasteiger partial charge in [0.05, 0.1) is 5.02 Å². The van der Waals surface area contributed by atoms with Crippen molar-refractivity contribution in [3.05, 3.63) is 41.4 Å². The molecular formula is C10H7BClO2. The van der Waals surface area contributed by atoms with Crippen molar-refractivity contribution < 1.29 is 9.68 Å². The van der Waals surface area contributed by atoms with Crippen molar-refractivity contribution >= 4 is 30.1 Å². The summed E-state index contributed by atoms with van der Waals surface area (Å²) in [7, 11) is 0.621. The molecule has 1 N–H and O–H groups in total. The highest BCUT2D eigenvalue weighted by Gasteiger charge is 2.05. The molecule has 0 fully saturated rings. The maximum absolute atomic E-state index is 8.51. The van der Waals surface area contributed by atoms with E-state index in [4.69, 9.17) is 21.3 Å². The summed E-state index contributed by atoms with van der Waals surface area (Å²) >= 11 is 6.06. The Hall–Kier alpha value is -1.19. The van der Waals surface area contributed by atoms with Gasteiger partial charge in [-0.25, -0.2) is 0 Å². The van der Waals surface area contributed by atoms with Gasteiger partial charge in [-0.3, -0.25) is 0 Å². The molecule has 0 heterocycles. The largest absolute Gasteiger partial charge is 0.569 e. The SMILES string of the molecule is O[B]Oc1ccc2ccccc2c1Cl. The Balaban J connectivity index is 2.63. The van der Waals surface area contributed by atoms with Crippen LogP contribution in [0.1, 0.15) is 0 Å². The first-order valence-corrected chi connectivity index (χ1v) is 4.50. The summed E-state index contributed by atoms with van der Waals surface area (Å²) in [5.74, 6) is 0.452. The Bertz CT molecular complexity index is 459. The second-order valence-electron chi connectivity index (χ2n) is 2.82. The van der Waals surface area contributed by atoms with Gasteiger partial charge < -0.3 is 9.68 Å². The van der Waals surface area contributed by atoms with Crippen molar-refractivity contribution in [2.45, 2.75) is 0 Å². The normalized spacial score (nSPS) is 10.1. The van der Waals surface area contributed by atoms with E-state index < -0.39 is 0 Å². The third kappa shape index (κ3) is 1.56. The Labute approximate surface area is 87.4 Å². The Morgan fingerprint density at radius 1 is 1.14 bits per heavy atom. The van der Waals surface area contributed by atoms with Gasteiger partial charge in [0.25, 0.3) is 0 Å². The summed E-state index contributed by atoms with van der Waals surface area (Å²) in [6.45, 7) is 0. The molecule has 0 saturated carbocycles. The van der Waals surface area contributed by atoms with Gasteiger partial charge in [0.15, 0.2) is 0 Å². The van der Waals surface area contributed by atoms with Crippen LogP contribution in [0.2, 0.25) is 5.02 Å². The van der Waals surface area contributed by atoms with E-state index in [1.807, 2.05) is 30.3 Å². The predicted octanol–water partition coefficient (Wildman–Crippen LogP) is 2.40. The quantitative estimate of drug-likeness (QED) is 0.763. The summed E-state index contributed by atoms with van der Waals surface area (Å²) in [5, 5.41) is 11.0. The van der Waals surface area contributed by atoms with E-state index in [0.29, 0.717) is 18.5 Å². The number of hydrogen-bond acceptors (Lipinski definition) is 2. The highest BCUT2D eigenvalue weighted by molar-refractivity contribution is 6.37. The fourth-order valence-corrected chi connectivity index (χ4v) is 1.64. The Morgan fingerprint density at radius 3 is 2.71 bits per heavy atom. The van der Waals surface area contributed by atoms with Crippen LogP contribution >= 0.6 is 11.6 Å². The topological polar surface area (TPSA) is 29.5 Å². The fourth-order valence-electron chi connectivity index (χ4n) is 1.36. The van der Waals surface area contributed by atoms with Gasteiger partial charge in [-0.05, 0) is 11.5 Å². The van der Waals surface area contributed by atoms with E-state index in [-0.39, 0.29) is 0 Å². The monoisotopic (exact) mass is 205 g/mol. The molecular weight excluding hydrogens is 198 g/mol. The predicted molar refractivity (Wildman–Crippen MR) is 57.6 cm³/mol. The highest BCUT2D eigenvalue weighted by atomic mass is 35.5. The lowest BCUT2D eigenvalue weighted by atomic mass is 10.1. The molecule has 0 atom stereocenters. The summed E-state index contributed by atoms with van der Waals surface area (Å²) in [4.78, 5) is 0. The summed E-state index contributed by atoms with van der Waals surface area (Å²) < 4.78 is 4.84. The van der Waals surface area contributed by atoms with Crippen molar-refractivity contribution in [1.29, 1.82) is 0 Å². The molecule has 0 aliphatic heterocycles. The third-order valence-electron chi connectivity index (χ3n) is 2.01. The van der Waals surface area contributed by atoms with E-state index in [2.05, 4.69) is 0 Å². The van der Waals surface area contributed by atoms with Gasteiger partial charge in [-0.15, -0.1) is 0 Å². The molecule has 0 aliphatic carbocycles. The van der Waals surface area contributed by atoms with E-state index in [9.17, 15) is 0 Å². The van der Waals surface area contributed by atoms with E-state index in [1.165, 1.54) is 0 Å². The van der Waals surface area contributed by atoms with Crippen LogP contribution in [0.25, 0.3) is 10.8 Å². The van der Waals surface area contributed by atoms with Gasteiger partial charge in [0, 0.05) is 5.39 Å². The lowest BCUT2D eigenvalue weighted by Gasteiger charge is -2.06. The molecule has 0 saturated heterocycles. The lowest BCUT2D eigenvalue weighted by Crippen LogP contribution is -2.00. The minimum atomic E-state index is 0.452. The van der Waals surface area contributed by atoms with E-state index in [0.717, 1.165) is 10.8 Å². The van der Waals surface area contributed by atoms with Crippen molar-refractivity contribution in [1.82, 2.24) is 0 Å². The van der Waals surface area contributed by atoms with Gasteiger partial charge >= 0.3 is 7.69 Å². The van der Waals surface area contributed by atoms with Crippen molar-refractivity contribution in [2.24, 2.45) is 0 Å². The molecule has 2 rings (SSSR count). The minimum absolute atomic E-state index is 0.452. The third-order valence-corrected chi connectivity index (χ3v) is 2.40. The van der Waals surface area contributed by atoms with E-state index >= 15 is 0 Å². The van der Waals surface area contributed by atoms with Crippen LogP contribution in [0.15, 0.2) is 36.4 Å². The van der Waals surface area contributed by atoms with Gasteiger partial charge in [-0.2, -0.15) is 0 Å². The van der Waals surface area contributed by atoms with Crippen LogP contribution in [0.3, 0.4) is 0 Å². The fraction of sp³-hybridized carbons (Fsp3) is 0. The molecule has 2 aromatic rings. The van der Waals surface area contributed by atoms with Crippen LogP contribution in [0.5, 0.6) is 5.75 Å². The number of hydrogen-bond donors (Lipinski definition) is 1. The first kappa shape index (κ1) is 9.37. The maximum atomic E-state index is 8.51. The van der Waals surface area contributed by atoms with Crippen molar-refractivity contribution in [3.63, 3.8) is 0 Å². The molecule has 0 aromatic heterocycles. The van der Waals surface area contributed by atoms with Crippen LogP contribution in [-0.2, 0) is 0 Å². The van der Waals surface area contributed by atoms with E-state index in [1.54, 1.807) is 6.07 Å². The second-order valence-corrected chi connectivity index (χ2v) is 3.20. The molecule has 14 heavy (non-hydrogen) atoms. The molecule has 0 bridgehead atoms. The minimum Gasteiger partial charge on any atom is -0.536 e. The standard InChI is InChI=1S/C10H7BClO2/c12-10-8-4-2-1-3-7(8)5-6-9(10)14-11-13/h1-6,13H. The number of fused-ring (bicyclic) bond motifs is 1. The zero-order valence-corrected chi connectivity index (χ0v) is 8.03. The maximum Gasteiger partial charge on any atom is 0.569 e. The highest BCUT2D eigenvalue weighted by Crippen LogP contribution is 2.32. The van der Waals surface area contributed by atoms with Gasteiger partial charge in [0.1, 0.15) is 5.75 Å². The lowest BCUT2D eigenvalue weighted by molar-refractivity contribution is 0.454. The molecule has 69 valence electrons.